The summed E-state index contributed by atoms with van der Waals surface area (Å²) in [5.74, 6) is 0. The quantitative estimate of drug-likeness (QED) is 0.675. The lowest BCUT2D eigenvalue weighted by molar-refractivity contribution is 0.0923. The maximum atomic E-state index is 11.5. The zero-order chi connectivity index (χ0) is 11.5. The molecule has 1 aliphatic rings. The molecular weight excluding hydrogens is 208 g/mol. The molecule has 0 spiro atoms. The van der Waals surface area contributed by atoms with E-state index in [1.54, 1.807) is 4.90 Å². The van der Waals surface area contributed by atoms with Crippen molar-refractivity contribution >= 4 is 14.3 Å². The maximum Gasteiger partial charge on any atom is 0.409 e. The van der Waals surface area contributed by atoms with Crippen LogP contribution in [0.1, 0.15) is 6.92 Å². The minimum Gasteiger partial charge on any atom is -0.450 e. The Morgan fingerprint density at radius 2 is 1.73 bits per heavy atom. The fourth-order valence-electron chi connectivity index (χ4n) is 1.77. The first-order valence-corrected chi connectivity index (χ1v) is 9.06. The molecular formula is C10H22N2O2Si. The monoisotopic (exact) mass is 230 g/mol. The molecule has 0 aromatic carbocycles. The van der Waals surface area contributed by atoms with Crippen LogP contribution in [0.15, 0.2) is 0 Å². The predicted molar refractivity (Wildman–Crippen MR) is 63.5 cm³/mol. The molecule has 0 N–H and O–H groups in total. The molecule has 0 aliphatic carbocycles. The van der Waals surface area contributed by atoms with Gasteiger partial charge in [-0.2, -0.15) is 0 Å². The van der Waals surface area contributed by atoms with E-state index in [9.17, 15) is 4.79 Å². The van der Waals surface area contributed by atoms with Crippen LogP contribution in [0.4, 0.5) is 4.79 Å². The summed E-state index contributed by atoms with van der Waals surface area (Å²) in [5, 5.41) is 0. The van der Waals surface area contributed by atoms with Crippen LogP contribution in [0.3, 0.4) is 0 Å². The van der Waals surface area contributed by atoms with E-state index in [0.29, 0.717) is 6.61 Å². The van der Waals surface area contributed by atoms with Gasteiger partial charge in [-0.05, 0) is 6.92 Å². The lowest BCUT2D eigenvalue weighted by atomic mass is 10.4. The number of ether oxygens (including phenoxy) is 1. The summed E-state index contributed by atoms with van der Waals surface area (Å²) in [7, 11) is -1.18. The Balaban J connectivity index is 2.39. The Morgan fingerprint density at radius 3 is 2.13 bits per heavy atom. The smallest absolute Gasteiger partial charge is 0.409 e. The van der Waals surface area contributed by atoms with Crippen LogP contribution in [0.25, 0.3) is 0 Å². The summed E-state index contributed by atoms with van der Waals surface area (Å²) in [6.07, 6.45) is -0.160. The summed E-state index contributed by atoms with van der Waals surface area (Å²) >= 11 is 0. The molecule has 5 heteroatoms. The first-order valence-electron chi connectivity index (χ1n) is 5.62. The van der Waals surface area contributed by atoms with E-state index in [4.69, 9.17) is 4.74 Å². The largest absolute Gasteiger partial charge is 0.450 e. The number of nitrogens with zero attached hydrogens (tertiary/aromatic N) is 2. The van der Waals surface area contributed by atoms with Crippen LogP contribution in [-0.4, -0.2) is 56.6 Å². The molecule has 1 rings (SSSR count). The lowest BCUT2D eigenvalue weighted by Gasteiger charge is -2.40. The summed E-state index contributed by atoms with van der Waals surface area (Å²) in [5.41, 5.74) is 0. The van der Waals surface area contributed by atoms with Gasteiger partial charge >= 0.3 is 6.09 Å². The number of hydrogen-bond acceptors (Lipinski definition) is 3. The molecule has 0 saturated carbocycles. The maximum absolute atomic E-state index is 11.5. The van der Waals surface area contributed by atoms with Gasteiger partial charge in [-0.25, -0.2) is 4.79 Å². The predicted octanol–water partition coefficient (Wildman–Crippen LogP) is 1.60. The highest BCUT2D eigenvalue weighted by molar-refractivity contribution is 6.73. The standard InChI is InChI=1S/C10H22N2O2Si/c1-5-14-10(13)11-6-8-12(9-7-11)15(2,3)4/h5-9H2,1-4H3. The molecule has 15 heavy (non-hydrogen) atoms. The molecule has 1 saturated heterocycles. The SMILES string of the molecule is CCOC(=O)N1CCN([Si](C)(C)C)CC1. The van der Waals surface area contributed by atoms with Gasteiger partial charge < -0.3 is 14.2 Å². The van der Waals surface area contributed by atoms with E-state index in [1.807, 2.05) is 6.92 Å². The number of carbonyl (C=O) groups is 1. The summed E-state index contributed by atoms with van der Waals surface area (Å²) in [4.78, 5) is 13.3. The Labute approximate surface area is 93.3 Å². The van der Waals surface area contributed by atoms with E-state index >= 15 is 0 Å². The Kier molecular flexibility index (Phi) is 4.16. The van der Waals surface area contributed by atoms with Gasteiger partial charge in [-0.15, -0.1) is 0 Å². The highest BCUT2D eigenvalue weighted by atomic mass is 28.3. The summed E-state index contributed by atoms with van der Waals surface area (Å²) < 4.78 is 7.51. The molecule has 1 heterocycles. The van der Waals surface area contributed by atoms with Crippen LogP contribution in [-0.2, 0) is 4.74 Å². The van der Waals surface area contributed by atoms with Gasteiger partial charge in [0, 0.05) is 26.2 Å². The van der Waals surface area contributed by atoms with Gasteiger partial charge in [-0.1, -0.05) is 19.6 Å². The summed E-state index contributed by atoms with van der Waals surface area (Å²) in [6, 6.07) is 0. The molecule has 0 aromatic heterocycles. The third-order valence-electron chi connectivity index (χ3n) is 2.75. The third-order valence-corrected chi connectivity index (χ3v) is 5.10. The fourth-order valence-corrected chi connectivity index (χ4v) is 3.32. The van der Waals surface area contributed by atoms with Gasteiger partial charge in [0.2, 0.25) is 0 Å². The van der Waals surface area contributed by atoms with Crippen LogP contribution in [0, 0.1) is 0 Å². The molecule has 0 bridgehead atoms. The van der Waals surface area contributed by atoms with Crippen LogP contribution < -0.4 is 0 Å². The molecule has 0 radical (unpaired) electrons. The number of hydrogen-bond donors (Lipinski definition) is 0. The van der Waals surface area contributed by atoms with E-state index in [2.05, 4.69) is 24.2 Å². The minimum absolute atomic E-state index is 0.160. The second-order valence-corrected chi connectivity index (χ2v) is 9.82. The van der Waals surface area contributed by atoms with Crippen molar-refractivity contribution in [1.29, 1.82) is 0 Å². The Hall–Kier alpha value is -0.553. The first kappa shape index (κ1) is 12.5. The van der Waals surface area contributed by atoms with Crippen molar-refractivity contribution in [2.75, 3.05) is 32.8 Å². The van der Waals surface area contributed by atoms with E-state index in [1.165, 1.54) is 0 Å². The third kappa shape index (κ3) is 3.50. The van der Waals surface area contributed by atoms with E-state index in [0.717, 1.165) is 26.2 Å². The van der Waals surface area contributed by atoms with Gasteiger partial charge in [-0.3, -0.25) is 0 Å². The molecule has 4 nitrogen and oxygen atoms in total. The van der Waals surface area contributed by atoms with Crippen molar-refractivity contribution in [2.24, 2.45) is 0 Å². The van der Waals surface area contributed by atoms with Gasteiger partial charge in [0.15, 0.2) is 0 Å². The normalized spacial score (nSPS) is 19.1. The summed E-state index contributed by atoms with van der Waals surface area (Å²) in [6.45, 7) is 12.9. The van der Waals surface area contributed by atoms with Gasteiger partial charge in [0.1, 0.15) is 8.24 Å². The van der Waals surface area contributed by atoms with Crippen LogP contribution in [0.5, 0.6) is 0 Å². The fraction of sp³-hybridized carbons (Fsp3) is 0.900. The average molecular weight is 230 g/mol. The topological polar surface area (TPSA) is 32.8 Å². The molecule has 1 fully saturated rings. The van der Waals surface area contributed by atoms with Gasteiger partial charge in [0.05, 0.1) is 6.61 Å². The molecule has 1 aliphatic heterocycles. The second-order valence-electron chi connectivity index (χ2n) is 4.84. The first-order chi connectivity index (χ1) is 6.95. The molecule has 0 aromatic rings. The average Bonchev–Trinajstić information content (AvgIpc) is 2.17. The highest BCUT2D eigenvalue weighted by Crippen LogP contribution is 2.13. The van der Waals surface area contributed by atoms with Gasteiger partial charge in [0.25, 0.3) is 0 Å². The van der Waals surface area contributed by atoms with Crippen LogP contribution in [0.2, 0.25) is 19.6 Å². The van der Waals surface area contributed by atoms with Crippen LogP contribution >= 0.6 is 0 Å². The zero-order valence-corrected chi connectivity index (χ0v) is 11.2. The Morgan fingerprint density at radius 1 is 1.20 bits per heavy atom. The van der Waals surface area contributed by atoms with Crippen molar-refractivity contribution in [1.82, 2.24) is 9.47 Å². The van der Waals surface area contributed by atoms with Crippen molar-refractivity contribution in [3.05, 3.63) is 0 Å². The zero-order valence-electron chi connectivity index (χ0n) is 10.2. The van der Waals surface area contributed by atoms with Crippen molar-refractivity contribution in [2.45, 2.75) is 26.6 Å². The van der Waals surface area contributed by atoms with Crippen molar-refractivity contribution in [3.8, 4) is 0 Å². The molecule has 88 valence electrons. The second kappa shape index (κ2) is 4.98. The van der Waals surface area contributed by atoms with Crippen molar-refractivity contribution < 1.29 is 9.53 Å². The lowest BCUT2D eigenvalue weighted by Crippen LogP contribution is -2.57. The van der Waals surface area contributed by atoms with Crippen molar-refractivity contribution in [3.63, 3.8) is 0 Å². The number of carbonyl (C=O) groups excluding carboxylic acids is 1. The Bertz CT molecular complexity index is 220. The number of amides is 1. The number of rotatable bonds is 2. The van der Waals surface area contributed by atoms with E-state index in [-0.39, 0.29) is 6.09 Å². The molecule has 1 amide bonds. The highest BCUT2D eigenvalue weighted by Gasteiger charge is 2.29. The molecule has 0 unspecified atom stereocenters. The van der Waals surface area contributed by atoms with E-state index < -0.39 is 8.24 Å². The molecule has 0 atom stereocenters. The minimum atomic E-state index is -1.18. The number of piperazine rings is 1.